The smallest absolute Gasteiger partial charge is 0.244 e. The van der Waals surface area contributed by atoms with Crippen LogP contribution in [0.5, 0.6) is 0 Å². The zero-order valence-corrected chi connectivity index (χ0v) is 15.7. The normalized spacial score (nSPS) is 17.9. The Morgan fingerprint density at radius 3 is 2.08 bits per heavy atom. The Kier molecular flexibility index (Phi) is 8.22. The van der Waals surface area contributed by atoms with E-state index >= 15 is 0 Å². The van der Waals surface area contributed by atoms with Gasteiger partial charge < -0.3 is 15.5 Å². The van der Waals surface area contributed by atoms with Crippen LogP contribution in [0, 0.1) is 11.8 Å². The van der Waals surface area contributed by atoms with Crippen LogP contribution < -0.4 is 10.6 Å². The maximum Gasteiger partial charge on any atom is 0.244 e. The third kappa shape index (κ3) is 5.80. The van der Waals surface area contributed by atoms with E-state index in [1.54, 1.807) is 25.8 Å². The molecule has 0 aliphatic heterocycles. The highest BCUT2D eigenvalue weighted by molar-refractivity contribution is 5.89. The largest absolute Gasteiger partial charge is 0.357 e. The molecule has 0 heterocycles. The van der Waals surface area contributed by atoms with Crippen molar-refractivity contribution >= 4 is 17.7 Å². The summed E-state index contributed by atoms with van der Waals surface area (Å²) < 4.78 is 0. The van der Waals surface area contributed by atoms with Crippen LogP contribution >= 0.6 is 0 Å². The number of hydrogen-bond donors (Lipinski definition) is 2. The fourth-order valence-electron chi connectivity index (χ4n) is 3.29. The van der Waals surface area contributed by atoms with Crippen molar-refractivity contribution in [1.82, 2.24) is 15.5 Å². The van der Waals surface area contributed by atoms with Gasteiger partial charge in [-0.1, -0.05) is 33.1 Å². The summed E-state index contributed by atoms with van der Waals surface area (Å²) in [7, 11) is 1.54. The fraction of sp³-hybridized carbons (Fsp3) is 0.833. The molecule has 2 atom stereocenters. The van der Waals surface area contributed by atoms with Crippen LogP contribution in [0.2, 0.25) is 0 Å². The minimum Gasteiger partial charge on any atom is -0.357 e. The highest BCUT2D eigenvalue weighted by atomic mass is 16.2. The van der Waals surface area contributed by atoms with Crippen molar-refractivity contribution in [1.29, 1.82) is 0 Å². The van der Waals surface area contributed by atoms with Crippen molar-refractivity contribution in [3.63, 3.8) is 0 Å². The summed E-state index contributed by atoms with van der Waals surface area (Å²) in [6.45, 7) is 7.59. The predicted octanol–water partition coefficient (Wildman–Crippen LogP) is 1.69. The number of hydrogen-bond acceptors (Lipinski definition) is 3. The van der Waals surface area contributed by atoms with E-state index in [2.05, 4.69) is 10.6 Å². The van der Waals surface area contributed by atoms with Crippen molar-refractivity contribution in [2.24, 2.45) is 11.8 Å². The Morgan fingerprint density at radius 1 is 1.04 bits per heavy atom. The van der Waals surface area contributed by atoms with Gasteiger partial charge in [0.15, 0.2) is 0 Å². The van der Waals surface area contributed by atoms with E-state index in [-0.39, 0.29) is 29.7 Å². The van der Waals surface area contributed by atoms with E-state index in [0.29, 0.717) is 12.5 Å². The summed E-state index contributed by atoms with van der Waals surface area (Å²) in [4.78, 5) is 38.3. The Morgan fingerprint density at radius 2 is 1.62 bits per heavy atom. The molecule has 0 spiro atoms. The van der Waals surface area contributed by atoms with E-state index in [9.17, 15) is 14.4 Å². The van der Waals surface area contributed by atoms with E-state index in [0.717, 1.165) is 12.8 Å². The van der Waals surface area contributed by atoms with Crippen LogP contribution in [0.15, 0.2) is 0 Å². The van der Waals surface area contributed by atoms with Crippen molar-refractivity contribution in [3.05, 3.63) is 0 Å². The topological polar surface area (TPSA) is 78.5 Å². The lowest BCUT2D eigenvalue weighted by Crippen LogP contribution is -2.59. The molecule has 0 saturated heterocycles. The standard InChI is InChI=1S/C18H33N3O3/c1-12(2)17(23)20-16(18(24)19-5)13(3)21(14(4)22)11-15-9-7-6-8-10-15/h12-13,15-16H,6-11H2,1-5H3,(H,19,24)(H,20,23). The molecule has 24 heavy (non-hydrogen) atoms. The van der Waals surface area contributed by atoms with Gasteiger partial charge in [-0.2, -0.15) is 0 Å². The molecule has 1 rings (SSSR count). The number of rotatable bonds is 7. The van der Waals surface area contributed by atoms with Crippen LogP contribution in [0.1, 0.15) is 59.8 Å². The average Bonchev–Trinajstić information content (AvgIpc) is 2.56. The van der Waals surface area contributed by atoms with Crippen molar-refractivity contribution < 1.29 is 14.4 Å². The maximum atomic E-state index is 12.3. The molecule has 3 amide bonds. The number of nitrogens with zero attached hydrogens (tertiary/aromatic N) is 1. The Balaban J connectivity index is 2.88. The second-order valence-corrected chi connectivity index (χ2v) is 7.17. The quantitative estimate of drug-likeness (QED) is 0.741. The number of amides is 3. The fourth-order valence-corrected chi connectivity index (χ4v) is 3.29. The van der Waals surface area contributed by atoms with Crippen molar-refractivity contribution in [3.8, 4) is 0 Å². The molecular formula is C18H33N3O3. The lowest BCUT2D eigenvalue weighted by atomic mass is 9.88. The van der Waals surface area contributed by atoms with E-state index < -0.39 is 6.04 Å². The minimum atomic E-state index is -0.739. The first kappa shape index (κ1) is 20.5. The van der Waals surface area contributed by atoms with Crippen LogP contribution in [0.3, 0.4) is 0 Å². The SMILES string of the molecule is CNC(=O)C(NC(=O)C(C)C)C(C)N(CC1CCCCC1)C(C)=O. The molecule has 2 N–H and O–H groups in total. The van der Waals surface area contributed by atoms with Crippen LogP contribution in [0.4, 0.5) is 0 Å². The average molecular weight is 339 g/mol. The van der Waals surface area contributed by atoms with Crippen molar-refractivity contribution in [2.45, 2.75) is 71.9 Å². The van der Waals surface area contributed by atoms with Crippen LogP contribution in [-0.2, 0) is 14.4 Å². The molecule has 0 aromatic rings. The van der Waals surface area contributed by atoms with Gasteiger partial charge in [0.05, 0.1) is 6.04 Å². The van der Waals surface area contributed by atoms with E-state index in [4.69, 9.17) is 0 Å². The molecule has 0 bridgehead atoms. The van der Waals surface area contributed by atoms with Gasteiger partial charge in [0, 0.05) is 26.4 Å². The van der Waals surface area contributed by atoms with Gasteiger partial charge in [0.2, 0.25) is 17.7 Å². The second kappa shape index (κ2) is 9.64. The molecular weight excluding hydrogens is 306 g/mol. The Bertz CT molecular complexity index is 445. The summed E-state index contributed by atoms with van der Waals surface area (Å²) in [5.74, 6) is -0.242. The first-order valence-corrected chi connectivity index (χ1v) is 9.07. The summed E-state index contributed by atoms with van der Waals surface area (Å²) in [6.07, 6.45) is 5.91. The molecule has 2 unspecified atom stereocenters. The number of carbonyl (C=O) groups excluding carboxylic acids is 3. The number of likely N-dealkylation sites (N-methyl/N-ethyl adjacent to an activating group) is 1. The third-order valence-corrected chi connectivity index (χ3v) is 4.91. The first-order valence-electron chi connectivity index (χ1n) is 9.07. The number of carbonyl (C=O) groups is 3. The highest BCUT2D eigenvalue weighted by Crippen LogP contribution is 2.25. The van der Waals surface area contributed by atoms with Gasteiger partial charge in [-0.05, 0) is 25.7 Å². The van der Waals surface area contributed by atoms with Gasteiger partial charge in [-0.15, -0.1) is 0 Å². The monoisotopic (exact) mass is 339 g/mol. The first-order chi connectivity index (χ1) is 11.3. The number of nitrogens with one attached hydrogen (secondary N) is 2. The molecule has 1 fully saturated rings. The molecule has 6 nitrogen and oxygen atoms in total. The molecule has 1 aliphatic rings. The van der Waals surface area contributed by atoms with Gasteiger partial charge >= 0.3 is 0 Å². The Labute approximate surface area is 145 Å². The zero-order chi connectivity index (χ0) is 18.3. The van der Waals surface area contributed by atoms with Crippen molar-refractivity contribution in [2.75, 3.05) is 13.6 Å². The molecule has 0 aromatic heterocycles. The summed E-state index contributed by atoms with van der Waals surface area (Å²) >= 11 is 0. The van der Waals surface area contributed by atoms with Gasteiger partial charge in [-0.25, -0.2) is 0 Å². The Hall–Kier alpha value is -1.59. The molecule has 0 radical (unpaired) electrons. The summed E-state index contributed by atoms with van der Waals surface area (Å²) in [6, 6.07) is -1.12. The molecule has 1 aliphatic carbocycles. The van der Waals surface area contributed by atoms with E-state index in [1.807, 2.05) is 6.92 Å². The van der Waals surface area contributed by atoms with Gasteiger partial charge in [0.1, 0.15) is 6.04 Å². The minimum absolute atomic E-state index is 0.0548. The summed E-state index contributed by atoms with van der Waals surface area (Å²) in [5.41, 5.74) is 0. The summed E-state index contributed by atoms with van der Waals surface area (Å²) in [5, 5.41) is 5.39. The van der Waals surface area contributed by atoms with Crippen LogP contribution in [0.25, 0.3) is 0 Å². The lowest BCUT2D eigenvalue weighted by Gasteiger charge is -2.37. The van der Waals surface area contributed by atoms with Crippen LogP contribution in [-0.4, -0.2) is 48.3 Å². The molecule has 138 valence electrons. The van der Waals surface area contributed by atoms with Gasteiger partial charge in [-0.3, -0.25) is 14.4 Å². The third-order valence-electron chi connectivity index (χ3n) is 4.91. The predicted molar refractivity (Wildman–Crippen MR) is 94.3 cm³/mol. The molecule has 1 saturated carbocycles. The van der Waals surface area contributed by atoms with E-state index in [1.165, 1.54) is 26.2 Å². The van der Waals surface area contributed by atoms with Gasteiger partial charge in [0.25, 0.3) is 0 Å². The highest BCUT2D eigenvalue weighted by Gasteiger charge is 2.33. The zero-order valence-electron chi connectivity index (χ0n) is 15.7. The molecule has 6 heteroatoms. The lowest BCUT2D eigenvalue weighted by molar-refractivity contribution is -0.137. The molecule has 0 aromatic carbocycles. The maximum absolute atomic E-state index is 12.3. The second-order valence-electron chi connectivity index (χ2n) is 7.17.